The predicted molar refractivity (Wildman–Crippen MR) is 144 cm³/mol. The van der Waals surface area contributed by atoms with E-state index in [2.05, 4.69) is 28.2 Å². The average molecular weight is 542 g/mol. The van der Waals surface area contributed by atoms with Crippen LogP contribution in [0.4, 0.5) is 14.9 Å². The SMILES string of the molecule is CN1CCO[C@@H]2CCN(c3ccc(C[C@@H](C#N)NC(=O)[C@@H]4[C@H]5CC[C@H](C5)N4C(=O)OC(C)(C)C)c(F)c3)C[C@@H]21. The second-order valence-corrected chi connectivity index (χ2v) is 12.4. The van der Waals surface area contributed by atoms with E-state index in [4.69, 9.17) is 9.47 Å². The molecule has 3 heterocycles. The van der Waals surface area contributed by atoms with Crippen LogP contribution in [-0.2, 0) is 20.7 Å². The quantitative estimate of drug-likeness (QED) is 0.612. The van der Waals surface area contributed by atoms with Gasteiger partial charge in [-0.05, 0) is 77.1 Å². The minimum Gasteiger partial charge on any atom is -0.444 e. The molecule has 212 valence electrons. The summed E-state index contributed by atoms with van der Waals surface area (Å²) < 4.78 is 26.7. The summed E-state index contributed by atoms with van der Waals surface area (Å²) in [6.07, 6.45) is 3.10. The number of likely N-dealkylation sites (N-methyl/N-ethyl adjacent to an activating group) is 1. The van der Waals surface area contributed by atoms with Crippen molar-refractivity contribution in [3.63, 3.8) is 0 Å². The molecule has 2 bridgehead atoms. The number of nitrogens with one attached hydrogen (secondary N) is 1. The molecular formula is C29H40FN5O4. The number of amides is 2. The second kappa shape index (κ2) is 10.9. The van der Waals surface area contributed by atoms with Gasteiger partial charge in [-0.3, -0.25) is 14.6 Å². The highest BCUT2D eigenvalue weighted by molar-refractivity contribution is 5.87. The van der Waals surface area contributed by atoms with Crippen molar-refractivity contribution in [3.8, 4) is 6.07 Å². The van der Waals surface area contributed by atoms with E-state index in [1.165, 1.54) is 6.07 Å². The molecule has 4 aliphatic rings. The van der Waals surface area contributed by atoms with E-state index in [0.29, 0.717) is 5.56 Å². The highest BCUT2D eigenvalue weighted by Gasteiger charge is 2.52. The van der Waals surface area contributed by atoms with Gasteiger partial charge in [-0.25, -0.2) is 9.18 Å². The fraction of sp³-hybridized carbons (Fsp3) is 0.690. The maximum atomic E-state index is 15.2. The highest BCUT2D eigenvalue weighted by atomic mass is 19.1. The van der Waals surface area contributed by atoms with Gasteiger partial charge in [0, 0.05) is 37.8 Å². The molecule has 6 atom stereocenters. The van der Waals surface area contributed by atoms with Crippen molar-refractivity contribution in [1.29, 1.82) is 5.26 Å². The fourth-order valence-corrected chi connectivity index (χ4v) is 6.68. The average Bonchev–Trinajstić information content (AvgIpc) is 3.50. The van der Waals surface area contributed by atoms with Crippen molar-refractivity contribution < 1.29 is 23.5 Å². The summed E-state index contributed by atoms with van der Waals surface area (Å²) in [6.45, 7) is 8.59. The van der Waals surface area contributed by atoms with Crippen molar-refractivity contribution in [1.82, 2.24) is 15.1 Å². The van der Waals surface area contributed by atoms with Gasteiger partial charge in [-0.15, -0.1) is 0 Å². The maximum Gasteiger partial charge on any atom is 0.411 e. The molecule has 1 aromatic carbocycles. The lowest BCUT2D eigenvalue weighted by Gasteiger charge is -2.46. The summed E-state index contributed by atoms with van der Waals surface area (Å²) in [5, 5.41) is 12.6. The number of piperidine rings is 2. The number of carbonyl (C=O) groups excluding carboxylic acids is 2. The number of carbonyl (C=O) groups is 2. The Kier molecular flexibility index (Phi) is 7.75. The predicted octanol–water partition coefficient (Wildman–Crippen LogP) is 3.07. The monoisotopic (exact) mass is 541 g/mol. The molecule has 0 radical (unpaired) electrons. The Balaban J connectivity index is 1.23. The van der Waals surface area contributed by atoms with E-state index < -0.39 is 29.6 Å². The van der Waals surface area contributed by atoms with E-state index >= 15 is 4.39 Å². The summed E-state index contributed by atoms with van der Waals surface area (Å²) in [4.78, 5) is 32.3. The van der Waals surface area contributed by atoms with Gasteiger partial charge in [-0.2, -0.15) is 5.26 Å². The zero-order valence-electron chi connectivity index (χ0n) is 23.4. The van der Waals surface area contributed by atoms with Gasteiger partial charge < -0.3 is 19.7 Å². The van der Waals surface area contributed by atoms with Gasteiger partial charge in [0.05, 0.1) is 24.8 Å². The van der Waals surface area contributed by atoms with Crippen LogP contribution in [0.2, 0.25) is 0 Å². The molecule has 0 aromatic heterocycles. The summed E-state index contributed by atoms with van der Waals surface area (Å²) in [6, 6.07) is 5.88. The molecule has 2 amide bonds. The zero-order chi connectivity index (χ0) is 27.9. The number of ether oxygens (including phenoxy) is 2. The van der Waals surface area contributed by atoms with Crippen LogP contribution in [-0.4, -0.2) is 91.0 Å². The normalized spacial score (nSPS) is 29.5. The van der Waals surface area contributed by atoms with Gasteiger partial charge >= 0.3 is 6.09 Å². The minimum absolute atomic E-state index is 0.0313. The number of halogens is 1. The molecule has 3 aliphatic heterocycles. The standard InChI is InChI=1S/C29H40FN5O4/c1-29(2,3)39-28(37)35-22-8-6-19(14-22)26(35)27(36)32-20(16-31)13-18-5-7-21(15-23(18)30)34-10-9-25-24(17-34)33(4)11-12-38-25/h5,7,15,19-20,22,24-26H,6,8-14,17H2,1-4H3,(H,32,36)/t19-,20-,22+,24-,25+,26-/m0/s1. The fourth-order valence-electron chi connectivity index (χ4n) is 6.68. The van der Waals surface area contributed by atoms with Crippen LogP contribution in [0.1, 0.15) is 52.0 Å². The number of anilines is 1. The maximum absolute atomic E-state index is 15.2. The lowest BCUT2D eigenvalue weighted by Crippen LogP contribution is -2.58. The summed E-state index contributed by atoms with van der Waals surface area (Å²) >= 11 is 0. The first-order valence-corrected chi connectivity index (χ1v) is 14.1. The van der Waals surface area contributed by atoms with Gasteiger partial charge in [-0.1, -0.05) is 6.07 Å². The van der Waals surface area contributed by atoms with Crippen LogP contribution in [0, 0.1) is 23.1 Å². The number of benzene rings is 1. The Bertz CT molecular complexity index is 1130. The van der Waals surface area contributed by atoms with Crippen LogP contribution in [0.25, 0.3) is 0 Å². The summed E-state index contributed by atoms with van der Waals surface area (Å²) in [5.74, 6) is -0.735. The van der Waals surface area contributed by atoms with E-state index in [1.807, 2.05) is 6.07 Å². The van der Waals surface area contributed by atoms with E-state index in [9.17, 15) is 14.9 Å². The Morgan fingerprint density at radius 1 is 1.26 bits per heavy atom. The Labute approximate surface area is 230 Å². The molecule has 39 heavy (non-hydrogen) atoms. The van der Waals surface area contributed by atoms with E-state index in [1.54, 1.807) is 31.7 Å². The molecule has 10 heteroatoms. The third kappa shape index (κ3) is 5.85. The van der Waals surface area contributed by atoms with Gasteiger partial charge in [0.2, 0.25) is 5.91 Å². The summed E-state index contributed by atoms with van der Waals surface area (Å²) in [5.41, 5.74) is 0.506. The second-order valence-electron chi connectivity index (χ2n) is 12.4. The first-order valence-electron chi connectivity index (χ1n) is 14.1. The van der Waals surface area contributed by atoms with Crippen molar-refractivity contribution in [3.05, 3.63) is 29.6 Å². The summed E-state index contributed by atoms with van der Waals surface area (Å²) in [7, 11) is 2.10. The molecule has 1 saturated carbocycles. The lowest BCUT2D eigenvalue weighted by molar-refractivity contribution is -0.128. The number of nitrogens with zero attached hydrogens (tertiary/aromatic N) is 4. The van der Waals surface area contributed by atoms with Gasteiger partial charge in [0.15, 0.2) is 0 Å². The molecule has 5 rings (SSSR count). The van der Waals surface area contributed by atoms with Crippen LogP contribution >= 0.6 is 0 Å². The molecular weight excluding hydrogens is 501 g/mol. The smallest absolute Gasteiger partial charge is 0.411 e. The van der Waals surface area contributed by atoms with E-state index in [0.717, 1.165) is 57.6 Å². The Morgan fingerprint density at radius 3 is 2.77 bits per heavy atom. The van der Waals surface area contributed by atoms with Crippen LogP contribution < -0.4 is 10.2 Å². The first kappa shape index (κ1) is 27.7. The van der Waals surface area contributed by atoms with Crippen molar-refractivity contribution >= 4 is 17.7 Å². The number of rotatable bonds is 5. The Morgan fingerprint density at radius 2 is 2.05 bits per heavy atom. The topological polar surface area (TPSA) is 98.1 Å². The van der Waals surface area contributed by atoms with Gasteiger partial charge in [0.25, 0.3) is 0 Å². The number of fused-ring (bicyclic) bond motifs is 3. The van der Waals surface area contributed by atoms with Crippen LogP contribution in [0.3, 0.4) is 0 Å². The molecule has 0 unspecified atom stereocenters. The number of likely N-dealkylation sites (tertiary alicyclic amines) is 1. The molecule has 9 nitrogen and oxygen atoms in total. The molecule has 1 aliphatic carbocycles. The molecule has 0 spiro atoms. The molecule has 3 saturated heterocycles. The number of morpholine rings is 1. The highest BCUT2D eigenvalue weighted by Crippen LogP contribution is 2.43. The molecule has 1 aromatic rings. The van der Waals surface area contributed by atoms with Crippen LogP contribution in [0.5, 0.6) is 0 Å². The number of hydrogen-bond donors (Lipinski definition) is 1. The van der Waals surface area contributed by atoms with Crippen molar-refractivity contribution in [2.45, 2.75) is 88.7 Å². The minimum atomic E-state index is -0.916. The number of hydrogen-bond acceptors (Lipinski definition) is 7. The van der Waals surface area contributed by atoms with Crippen LogP contribution in [0.15, 0.2) is 18.2 Å². The third-order valence-corrected chi connectivity index (χ3v) is 8.62. The largest absolute Gasteiger partial charge is 0.444 e. The van der Waals surface area contributed by atoms with Crippen molar-refractivity contribution in [2.75, 3.05) is 38.2 Å². The first-order chi connectivity index (χ1) is 18.5. The molecule has 1 N–H and O–H groups in total. The number of nitriles is 1. The zero-order valence-corrected chi connectivity index (χ0v) is 23.4. The molecule has 4 fully saturated rings. The Hall–Kier alpha value is -2.90. The third-order valence-electron chi connectivity index (χ3n) is 8.62. The van der Waals surface area contributed by atoms with E-state index in [-0.39, 0.29) is 36.4 Å². The van der Waals surface area contributed by atoms with Crippen molar-refractivity contribution in [2.24, 2.45) is 5.92 Å². The lowest BCUT2D eigenvalue weighted by atomic mass is 9.97. The van der Waals surface area contributed by atoms with Gasteiger partial charge in [0.1, 0.15) is 23.5 Å².